The number of nitrogens with one attached hydrogen (secondary N) is 1. The van der Waals surface area contributed by atoms with Gasteiger partial charge in [-0.2, -0.15) is 0 Å². The number of hydrogen-bond acceptors (Lipinski definition) is 6. The van der Waals surface area contributed by atoms with Crippen LogP contribution in [-0.4, -0.2) is 30.3 Å². The SMILES string of the molecule is CCS(=O)(=O)c1ccc(C(=O)Nc2nnc(Cc3ccc(C)cc3)o2)cc1. The maximum atomic E-state index is 12.3. The van der Waals surface area contributed by atoms with Gasteiger partial charge in [0.1, 0.15) is 0 Å². The minimum Gasteiger partial charge on any atom is -0.407 e. The third-order valence-electron chi connectivity index (χ3n) is 4.02. The summed E-state index contributed by atoms with van der Waals surface area (Å²) in [6.07, 6.45) is 0.465. The van der Waals surface area contributed by atoms with Gasteiger partial charge in [0.2, 0.25) is 5.89 Å². The standard InChI is InChI=1S/C19H19N3O4S/c1-3-27(24,25)16-10-8-15(9-11-16)18(23)20-19-22-21-17(26-19)12-14-6-4-13(2)5-7-14/h4-11H,3,12H2,1-2H3,(H,20,22,23). The molecule has 27 heavy (non-hydrogen) atoms. The van der Waals surface area contributed by atoms with Crippen LogP contribution in [0, 0.1) is 6.92 Å². The first-order chi connectivity index (χ1) is 12.9. The molecule has 0 saturated heterocycles. The van der Waals surface area contributed by atoms with Crippen molar-refractivity contribution in [1.82, 2.24) is 10.2 Å². The second-order valence-electron chi connectivity index (χ2n) is 6.05. The molecule has 8 heteroatoms. The summed E-state index contributed by atoms with van der Waals surface area (Å²) in [4.78, 5) is 12.4. The number of aromatic nitrogens is 2. The van der Waals surface area contributed by atoms with Gasteiger partial charge in [-0.3, -0.25) is 10.1 Å². The van der Waals surface area contributed by atoms with Gasteiger partial charge in [0.25, 0.3) is 5.91 Å². The van der Waals surface area contributed by atoms with Crippen molar-refractivity contribution in [1.29, 1.82) is 0 Å². The van der Waals surface area contributed by atoms with E-state index in [1.807, 2.05) is 31.2 Å². The van der Waals surface area contributed by atoms with E-state index in [0.717, 1.165) is 11.1 Å². The van der Waals surface area contributed by atoms with Crippen LogP contribution in [0.2, 0.25) is 0 Å². The molecular formula is C19H19N3O4S. The molecule has 0 unspecified atom stereocenters. The van der Waals surface area contributed by atoms with Crippen molar-refractivity contribution < 1.29 is 17.6 Å². The second kappa shape index (κ2) is 7.71. The molecule has 1 aromatic heterocycles. The van der Waals surface area contributed by atoms with Gasteiger partial charge in [0.05, 0.1) is 17.1 Å². The zero-order valence-corrected chi connectivity index (χ0v) is 15.8. The summed E-state index contributed by atoms with van der Waals surface area (Å²) in [5.74, 6) is -0.0656. The van der Waals surface area contributed by atoms with Gasteiger partial charge in [-0.25, -0.2) is 8.42 Å². The molecule has 0 radical (unpaired) electrons. The molecule has 2 aromatic carbocycles. The van der Waals surface area contributed by atoms with Gasteiger partial charge < -0.3 is 4.42 Å². The first kappa shape index (κ1) is 18.8. The van der Waals surface area contributed by atoms with Crippen LogP contribution in [0.5, 0.6) is 0 Å². The third-order valence-corrected chi connectivity index (χ3v) is 5.77. The van der Waals surface area contributed by atoms with Crippen molar-refractivity contribution in [3.8, 4) is 0 Å². The van der Waals surface area contributed by atoms with Gasteiger partial charge in [-0.05, 0) is 36.8 Å². The molecule has 0 fully saturated rings. The number of anilines is 1. The Balaban J connectivity index is 1.66. The lowest BCUT2D eigenvalue weighted by Crippen LogP contribution is -2.12. The van der Waals surface area contributed by atoms with Crippen molar-refractivity contribution in [2.45, 2.75) is 25.2 Å². The number of carbonyl (C=O) groups is 1. The van der Waals surface area contributed by atoms with Gasteiger partial charge in [0, 0.05) is 5.56 Å². The first-order valence-corrected chi connectivity index (χ1v) is 10.0. The van der Waals surface area contributed by atoms with Gasteiger partial charge in [0.15, 0.2) is 9.84 Å². The molecule has 0 aliphatic heterocycles. The Morgan fingerprint density at radius 2 is 1.70 bits per heavy atom. The van der Waals surface area contributed by atoms with Crippen molar-refractivity contribution in [3.05, 3.63) is 71.1 Å². The predicted molar refractivity (Wildman–Crippen MR) is 100 cm³/mol. The average Bonchev–Trinajstić information content (AvgIpc) is 3.10. The van der Waals surface area contributed by atoms with E-state index in [2.05, 4.69) is 15.5 Å². The van der Waals surface area contributed by atoms with E-state index in [0.29, 0.717) is 17.9 Å². The molecule has 3 aromatic rings. The Labute approximate surface area is 157 Å². The number of hydrogen-bond donors (Lipinski definition) is 1. The molecule has 1 N–H and O–H groups in total. The fourth-order valence-electron chi connectivity index (χ4n) is 2.41. The Morgan fingerprint density at radius 3 is 2.33 bits per heavy atom. The molecule has 0 atom stereocenters. The zero-order valence-electron chi connectivity index (χ0n) is 15.0. The van der Waals surface area contributed by atoms with E-state index < -0.39 is 15.7 Å². The summed E-state index contributed by atoms with van der Waals surface area (Å²) in [5.41, 5.74) is 2.48. The zero-order chi connectivity index (χ0) is 19.4. The van der Waals surface area contributed by atoms with Crippen molar-refractivity contribution in [2.75, 3.05) is 11.1 Å². The molecule has 0 saturated carbocycles. The fraction of sp³-hybridized carbons (Fsp3) is 0.211. The number of amides is 1. The van der Waals surface area contributed by atoms with Gasteiger partial charge >= 0.3 is 6.01 Å². The van der Waals surface area contributed by atoms with Crippen LogP contribution in [0.15, 0.2) is 57.8 Å². The highest BCUT2D eigenvalue weighted by Gasteiger charge is 2.15. The smallest absolute Gasteiger partial charge is 0.322 e. The van der Waals surface area contributed by atoms with E-state index in [1.165, 1.54) is 24.3 Å². The minimum absolute atomic E-state index is 0.00425. The summed E-state index contributed by atoms with van der Waals surface area (Å²) in [7, 11) is -3.30. The number of rotatable bonds is 6. The molecular weight excluding hydrogens is 366 g/mol. The Bertz CT molecular complexity index is 1040. The molecule has 7 nitrogen and oxygen atoms in total. The molecule has 0 aliphatic carbocycles. The van der Waals surface area contributed by atoms with E-state index in [9.17, 15) is 13.2 Å². The van der Waals surface area contributed by atoms with Crippen LogP contribution >= 0.6 is 0 Å². The maximum absolute atomic E-state index is 12.3. The Hall–Kier alpha value is -3.00. The topological polar surface area (TPSA) is 102 Å². The summed E-state index contributed by atoms with van der Waals surface area (Å²) in [6.45, 7) is 3.58. The summed E-state index contributed by atoms with van der Waals surface area (Å²) < 4.78 is 29.1. The van der Waals surface area contributed by atoms with Gasteiger partial charge in [-0.15, -0.1) is 5.10 Å². The number of benzene rings is 2. The van der Waals surface area contributed by atoms with Crippen LogP contribution in [0.1, 0.15) is 34.3 Å². The van der Waals surface area contributed by atoms with Crippen LogP contribution in [0.25, 0.3) is 0 Å². The predicted octanol–water partition coefficient (Wildman–Crippen LogP) is 3.01. The van der Waals surface area contributed by atoms with Crippen molar-refractivity contribution in [3.63, 3.8) is 0 Å². The Kier molecular flexibility index (Phi) is 5.36. The molecule has 1 heterocycles. The first-order valence-electron chi connectivity index (χ1n) is 8.39. The third kappa shape index (κ3) is 4.59. The second-order valence-corrected chi connectivity index (χ2v) is 8.32. The average molecular weight is 385 g/mol. The van der Waals surface area contributed by atoms with E-state index >= 15 is 0 Å². The molecule has 0 spiro atoms. The fourth-order valence-corrected chi connectivity index (χ4v) is 3.29. The van der Waals surface area contributed by atoms with Gasteiger partial charge in [-0.1, -0.05) is 41.9 Å². The number of sulfone groups is 1. The van der Waals surface area contributed by atoms with Crippen LogP contribution in [0.4, 0.5) is 6.01 Å². The van der Waals surface area contributed by atoms with E-state index in [4.69, 9.17) is 4.42 Å². The lowest BCUT2D eigenvalue weighted by atomic mass is 10.1. The number of carbonyl (C=O) groups excluding carboxylic acids is 1. The number of nitrogens with zero attached hydrogens (tertiary/aromatic N) is 2. The summed E-state index contributed by atoms with van der Waals surface area (Å²) >= 11 is 0. The number of aryl methyl sites for hydroxylation is 1. The molecule has 140 valence electrons. The normalized spacial score (nSPS) is 11.3. The van der Waals surface area contributed by atoms with Crippen molar-refractivity contribution in [2.24, 2.45) is 0 Å². The highest BCUT2D eigenvalue weighted by atomic mass is 32.2. The monoisotopic (exact) mass is 385 g/mol. The van der Waals surface area contributed by atoms with Crippen molar-refractivity contribution >= 4 is 21.8 Å². The molecule has 3 rings (SSSR count). The van der Waals surface area contributed by atoms with E-state index in [-0.39, 0.29) is 16.7 Å². The Morgan fingerprint density at radius 1 is 1.04 bits per heavy atom. The molecule has 0 aliphatic rings. The minimum atomic E-state index is -3.30. The largest absolute Gasteiger partial charge is 0.407 e. The molecule has 1 amide bonds. The van der Waals surface area contributed by atoms with E-state index in [1.54, 1.807) is 6.92 Å². The van der Waals surface area contributed by atoms with Crippen LogP contribution < -0.4 is 5.32 Å². The summed E-state index contributed by atoms with van der Waals surface area (Å²) in [5, 5.41) is 10.3. The summed E-state index contributed by atoms with van der Waals surface area (Å²) in [6, 6.07) is 13.6. The lowest BCUT2D eigenvalue weighted by Gasteiger charge is -2.03. The van der Waals surface area contributed by atoms with Crippen LogP contribution in [-0.2, 0) is 16.3 Å². The quantitative estimate of drug-likeness (QED) is 0.700. The highest BCUT2D eigenvalue weighted by Crippen LogP contribution is 2.15. The molecule has 0 bridgehead atoms. The maximum Gasteiger partial charge on any atom is 0.322 e. The van der Waals surface area contributed by atoms with Crippen LogP contribution in [0.3, 0.4) is 0 Å². The lowest BCUT2D eigenvalue weighted by molar-refractivity contribution is 0.102. The highest BCUT2D eigenvalue weighted by molar-refractivity contribution is 7.91.